The standard InChI is InChI=1S/C18H18O3/c1-3-20-17-11-7-5-9-15(17)12-13-18(19)21-16-10-6-4-8-14(16)2/h4-13H,3H2,1-2H3/b13-12+. The molecule has 0 amide bonds. The third-order valence-corrected chi connectivity index (χ3v) is 2.92. The Bertz CT molecular complexity index is 644. The Balaban J connectivity index is 2.07. The Morgan fingerprint density at radius 3 is 2.43 bits per heavy atom. The van der Waals surface area contributed by atoms with Crippen molar-refractivity contribution >= 4 is 12.0 Å². The van der Waals surface area contributed by atoms with Crippen molar-refractivity contribution in [2.24, 2.45) is 0 Å². The van der Waals surface area contributed by atoms with E-state index in [4.69, 9.17) is 9.47 Å². The van der Waals surface area contributed by atoms with Gasteiger partial charge in [0, 0.05) is 11.6 Å². The molecule has 0 unspecified atom stereocenters. The molecule has 2 aromatic rings. The topological polar surface area (TPSA) is 35.5 Å². The van der Waals surface area contributed by atoms with E-state index in [0.29, 0.717) is 12.4 Å². The number of carbonyl (C=O) groups is 1. The monoisotopic (exact) mass is 282 g/mol. The maximum Gasteiger partial charge on any atom is 0.336 e. The molecule has 0 bridgehead atoms. The summed E-state index contributed by atoms with van der Waals surface area (Å²) in [4.78, 5) is 11.9. The number of para-hydroxylation sites is 2. The van der Waals surface area contributed by atoms with Gasteiger partial charge in [-0.15, -0.1) is 0 Å². The average molecular weight is 282 g/mol. The molecule has 0 N–H and O–H groups in total. The molecule has 0 spiro atoms. The highest BCUT2D eigenvalue weighted by atomic mass is 16.5. The zero-order chi connectivity index (χ0) is 15.1. The summed E-state index contributed by atoms with van der Waals surface area (Å²) in [5.41, 5.74) is 1.77. The highest BCUT2D eigenvalue weighted by Crippen LogP contribution is 2.20. The number of esters is 1. The van der Waals surface area contributed by atoms with Gasteiger partial charge in [0.05, 0.1) is 6.61 Å². The summed E-state index contributed by atoms with van der Waals surface area (Å²) in [7, 11) is 0. The van der Waals surface area contributed by atoms with Gasteiger partial charge in [-0.05, 0) is 37.6 Å². The van der Waals surface area contributed by atoms with Crippen LogP contribution < -0.4 is 9.47 Å². The summed E-state index contributed by atoms with van der Waals surface area (Å²) in [6, 6.07) is 15.0. The van der Waals surface area contributed by atoms with Gasteiger partial charge in [0.2, 0.25) is 0 Å². The van der Waals surface area contributed by atoms with Crippen molar-refractivity contribution in [1.29, 1.82) is 0 Å². The second-order valence-electron chi connectivity index (χ2n) is 4.49. The molecular weight excluding hydrogens is 264 g/mol. The molecule has 2 rings (SSSR count). The van der Waals surface area contributed by atoms with Crippen molar-refractivity contribution < 1.29 is 14.3 Å². The fourth-order valence-electron chi connectivity index (χ4n) is 1.88. The fraction of sp³-hybridized carbons (Fsp3) is 0.167. The fourth-order valence-corrected chi connectivity index (χ4v) is 1.88. The van der Waals surface area contributed by atoms with Crippen LogP contribution in [-0.4, -0.2) is 12.6 Å². The maximum atomic E-state index is 11.9. The van der Waals surface area contributed by atoms with Crippen LogP contribution in [0.4, 0.5) is 0 Å². The molecule has 0 heterocycles. The second kappa shape index (κ2) is 7.29. The Morgan fingerprint density at radius 2 is 1.71 bits per heavy atom. The van der Waals surface area contributed by atoms with E-state index in [-0.39, 0.29) is 0 Å². The third-order valence-electron chi connectivity index (χ3n) is 2.92. The summed E-state index contributed by atoms with van der Waals surface area (Å²) < 4.78 is 10.8. The van der Waals surface area contributed by atoms with E-state index >= 15 is 0 Å². The van der Waals surface area contributed by atoms with Crippen molar-refractivity contribution in [2.75, 3.05) is 6.61 Å². The van der Waals surface area contributed by atoms with Gasteiger partial charge in [-0.25, -0.2) is 4.79 Å². The van der Waals surface area contributed by atoms with Crippen LogP contribution in [0.1, 0.15) is 18.1 Å². The first-order chi connectivity index (χ1) is 10.2. The van der Waals surface area contributed by atoms with E-state index in [2.05, 4.69) is 0 Å². The van der Waals surface area contributed by atoms with Gasteiger partial charge in [0.1, 0.15) is 11.5 Å². The molecule has 21 heavy (non-hydrogen) atoms. The van der Waals surface area contributed by atoms with E-state index in [0.717, 1.165) is 16.9 Å². The summed E-state index contributed by atoms with van der Waals surface area (Å²) >= 11 is 0. The molecule has 2 aromatic carbocycles. The Hall–Kier alpha value is -2.55. The van der Waals surface area contributed by atoms with Gasteiger partial charge in [-0.2, -0.15) is 0 Å². The SMILES string of the molecule is CCOc1ccccc1/C=C/C(=O)Oc1ccccc1C. The zero-order valence-corrected chi connectivity index (χ0v) is 12.2. The quantitative estimate of drug-likeness (QED) is 0.472. The highest BCUT2D eigenvalue weighted by Gasteiger charge is 2.04. The minimum atomic E-state index is -0.407. The minimum Gasteiger partial charge on any atom is -0.493 e. The van der Waals surface area contributed by atoms with Gasteiger partial charge >= 0.3 is 5.97 Å². The summed E-state index contributed by atoms with van der Waals surface area (Å²) in [5, 5.41) is 0. The van der Waals surface area contributed by atoms with Crippen molar-refractivity contribution in [3.05, 3.63) is 65.7 Å². The van der Waals surface area contributed by atoms with Gasteiger partial charge in [0.25, 0.3) is 0 Å². The van der Waals surface area contributed by atoms with E-state index in [9.17, 15) is 4.79 Å². The Kier molecular flexibility index (Phi) is 5.16. The van der Waals surface area contributed by atoms with Crippen LogP contribution in [0, 0.1) is 6.92 Å². The molecule has 0 atom stereocenters. The summed E-state index contributed by atoms with van der Waals surface area (Å²) in [6.45, 7) is 4.40. The largest absolute Gasteiger partial charge is 0.493 e. The second-order valence-corrected chi connectivity index (χ2v) is 4.49. The molecule has 3 nitrogen and oxygen atoms in total. The van der Waals surface area contributed by atoms with Crippen molar-refractivity contribution in [1.82, 2.24) is 0 Å². The van der Waals surface area contributed by atoms with E-state index in [1.165, 1.54) is 6.08 Å². The zero-order valence-electron chi connectivity index (χ0n) is 12.2. The number of aryl methyl sites for hydroxylation is 1. The van der Waals surface area contributed by atoms with Crippen LogP contribution in [0.15, 0.2) is 54.6 Å². The van der Waals surface area contributed by atoms with E-state index in [1.54, 1.807) is 12.1 Å². The molecule has 3 heteroatoms. The van der Waals surface area contributed by atoms with Crippen LogP contribution in [0.25, 0.3) is 6.08 Å². The van der Waals surface area contributed by atoms with Crippen molar-refractivity contribution in [3.63, 3.8) is 0 Å². The first-order valence-electron chi connectivity index (χ1n) is 6.88. The van der Waals surface area contributed by atoms with Crippen molar-refractivity contribution in [2.45, 2.75) is 13.8 Å². The number of hydrogen-bond acceptors (Lipinski definition) is 3. The molecule has 0 fully saturated rings. The highest BCUT2D eigenvalue weighted by molar-refractivity contribution is 5.89. The van der Waals surface area contributed by atoms with E-state index in [1.807, 2.05) is 56.3 Å². The maximum absolute atomic E-state index is 11.9. The van der Waals surface area contributed by atoms with Gasteiger partial charge in [-0.1, -0.05) is 36.4 Å². The normalized spacial score (nSPS) is 10.6. The molecule has 0 aliphatic rings. The predicted octanol–water partition coefficient (Wildman–Crippen LogP) is 4.01. The summed E-state index contributed by atoms with van der Waals surface area (Å²) in [5.74, 6) is 0.917. The molecule has 0 aromatic heterocycles. The number of rotatable bonds is 5. The Labute approximate surface area is 124 Å². The first kappa shape index (κ1) is 14.9. The van der Waals surface area contributed by atoms with Crippen LogP contribution >= 0.6 is 0 Å². The number of hydrogen-bond donors (Lipinski definition) is 0. The lowest BCUT2D eigenvalue weighted by Gasteiger charge is -2.06. The van der Waals surface area contributed by atoms with Crippen molar-refractivity contribution in [3.8, 4) is 11.5 Å². The lowest BCUT2D eigenvalue weighted by molar-refractivity contribution is -0.128. The molecular formula is C18H18O3. The first-order valence-corrected chi connectivity index (χ1v) is 6.88. The molecule has 0 saturated carbocycles. The van der Waals surface area contributed by atoms with Gasteiger partial charge in [-0.3, -0.25) is 0 Å². The molecule has 108 valence electrons. The lowest BCUT2D eigenvalue weighted by Crippen LogP contribution is -2.04. The predicted molar refractivity (Wildman–Crippen MR) is 83.5 cm³/mol. The Morgan fingerprint density at radius 1 is 1.05 bits per heavy atom. The number of benzene rings is 2. The molecule has 0 radical (unpaired) electrons. The van der Waals surface area contributed by atoms with E-state index < -0.39 is 5.97 Å². The van der Waals surface area contributed by atoms with Crippen LogP contribution in [0.3, 0.4) is 0 Å². The lowest BCUT2D eigenvalue weighted by atomic mass is 10.2. The third kappa shape index (κ3) is 4.21. The van der Waals surface area contributed by atoms with Crippen LogP contribution in [0.5, 0.6) is 11.5 Å². The number of ether oxygens (including phenoxy) is 2. The number of carbonyl (C=O) groups excluding carboxylic acids is 1. The van der Waals surface area contributed by atoms with Crippen LogP contribution in [-0.2, 0) is 4.79 Å². The molecule has 0 aliphatic heterocycles. The smallest absolute Gasteiger partial charge is 0.336 e. The molecule has 0 aliphatic carbocycles. The van der Waals surface area contributed by atoms with Crippen LogP contribution in [0.2, 0.25) is 0 Å². The summed E-state index contributed by atoms with van der Waals surface area (Å²) in [6.07, 6.45) is 3.11. The molecule has 0 saturated heterocycles. The van der Waals surface area contributed by atoms with Gasteiger partial charge in [0.15, 0.2) is 0 Å². The minimum absolute atomic E-state index is 0.407. The average Bonchev–Trinajstić information content (AvgIpc) is 2.49. The van der Waals surface area contributed by atoms with Gasteiger partial charge < -0.3 is 9.47 Å².